The first-order valence-corrected chi connectivity index (χ1v) is 15.8. The molecule has 2 aliphatic heterocycles. The molecule has 1 unspecified atom stereocenters. The Balaban J connectivity index is 1.00. The second kappa shape index (κ2) is 12.4. The molecule has 4 aromatic rings. The number of piperazine rings is 1. The van der Waals surface area contributed by atoms with Gasteiger partial charge in [0.05, 0.1) is 28.0 Å². The summed E-state index contributed by atoms with van der Waals surface area (Å²) in [7, 11) is 1.38. The van der Waals surface area contributed by atoms with Crippen LogP contribution in [0.2, 0.25) is 5.02 Å². The van der Waals surface area contributed by atoms with E-state index in [0.717, 1.165) is 6.20 Å². The normalized spacial score (nSPS) is 20.1. The predicted octanol–water partition coefficient (Wildman–Crippen LogP) is 3.33. The number of carbonyl (C=O) groups excluding carboxylic acids is 3. The van der Waals surface area contributed by atoms with Crippen molar-refractivity contribution in [2.24, 2.45) is 24.8 Å². The number of rotatable bonds is 6. The molecule has 0 spiro atoms. The fraction of sp³-hybridized carbons (Fsp3) is 0.355. The van der Waals surface area contributed by atoms with E-state index in [2.05, 4.69) is 25.4 Å². The number of nitrogens with one attached hydrogen (secondary N) is 2. The molecule has 3 atom stereocenters. The summed E-state index contributed by atoms with van der Waals surface area (Å²) in [6.45, 7) is 1.98. The van der Waals surface area contributed by atoms with Gasteiger partial charge in [0.25, 0.3) is 11.8 Å². The standard InChI is InChI=1S/C31H28ClF3N10O5/c1-42-20(22-23(25-36-5-2-6-37-25)40-41-24(22)31(33,34)35)12-38-26(42)27(46)39-15-3-4-16(19(32)11-15)28(47)43-7-9-44(10-8-43)29(48)21-17-13-45(30(49)50)14-18(17)21/h2-6,11-12,17-18,21H,7-10,13-14H2,1H3,(H,39,46)(H,40,41)(H,49,50)/t17-,18+,21?. The maximum Gasteiger partial charge on any atom is 0.433 e. The van der Waals surface area contributed by atoms with Crippen molar-refractivity contribution in [2.75, 3.05) is 44.6 Å². The summed E-state index contributed by atoms with van der Waals surface area (Å²) in [5.74, 6) is -1.46. The number of hydrogen-bond donors (Lipinski definition) is 3. The van der Waals surface area contributed by atoms with Crippen molar-refractivity contribution in [2.45, 2.75) is 6.18 Å². The highest BCUT2D eigenvalue weighted by atomic mass is 35.5. The number of alkyl halides is 3. The third kappa shape index (κ3) is 5.88. The highest BCUT2D eigenvalue weighted by molar-refractivity contribution is 6.34. The number of likely N-dealkylation sites (tertiary alicyclic amines) is 1. The Morgan fingerprint density at radius 3 is 2.26 bits per heavy atom. The summed E-state index contributed by atoms with van der Waals surface area (Å²) in [5.41, 5.74) is -1.38. The smallest absolute Gasteiger partial charge is 0.433 e. The number of aromatic nitrogens is 6. The van der Waals surface area contributed by atoms with Crippen LogP contribution in [-0.4, -0.2) is 113 Å². The number of benzene rings is 1. The van der Waals surface area contributed by atoms with Crippen molar-refractivity contribution in [3.63, 3.8) is 0 Å². The molecule has 3 aromatic heterocycles. The second-order valence-corrected chi connectivity index (χ2v) is 12.6. The van der Waals surface area contributed by atoms with Crippen LogP contribution in [0.4, 0.5) is 23.7 Å². The Morgan fingerprint density at radius 2 is 1.64 bits per heavy atom. The van der Waals surface area contributed by atoms with Crippen molar-refractivity contribution in [3.05, 3.63) is 65.0 Å². The zero-order valence-electron chi connectivity index (χ0n) is 26.2. The van der Waals surface area contributed by atoms with Gasteiger partial charge < -0.3 is 29.7 Å². The third-order valence-electron chi connectivity index (χ3n) is 9.36. The maximum atomic E-state index is 14.0. The van der Waals surface area contributed by atoms with Gasteiger partial charge in [-0.1, -0.05) is 11.6 Å². The molecule has 1 aliphatic carbocycles. The molecule has 5 heterocycles. The van der Waals surface area contributed by atoms with Crippen LogP contribution in [0.15, 0.2) is 42.9 Å². The van der Waals surface area contributed by atoms with Gasteiger partial charge in [0, 0.05) is 70.3 Å². The van der Waals surface area contributed by atoms with Gasteiger partial charge in [0.15, 0.2) is 11.6 Å². The lowest BCUT2D eigenvalue weighted by molar-refractivity contribution is -0.140. The number of fused-ring (bicyclic) bond motifs is 1. The molecule has 3 N–H and O–H groups in total. The van der Waals surface area contributed by atoms with E-state index in [-0.39, 0.29) is 87.5 Å². The first-order valence-electron chi connectivity index (χ1n) is 15.4. The molecule has 3 aliphatic rings. The molecule has 1 aromatic carbocycles. The number of halogens is 4. The van der Waals surface area contributed by atoms with E-state index in [9.17, 15) is 32.3 Å². The van der Waals surface area contributed by atoms with Gasteiger partial charge in [0.2, 0.25) is 5.91 Å². The fourth-order valence-corrected chi connectivity index (χ4v) is 7.01. The molecule has 3 fully saturated rings. The average Bonchev–Trinajstić information content (AvgIpc) is 3.46. The summed E-state index contributed by atoms with van der Waals surface area (Å²) >= 11 is 6.47. The highest BCUT2D eigenvalue weighted by Gasteiger charge is 2.61. The topological polar surface area (TPSA) is 183 Å². The van der Waals surface area contributed by atoms with Gasteiger partial charge in [-0.3, -0.25) is 19.5 Å². The molecule has 7 rings (SSSR count). The SMILES string of the molecule is Cn1c(-c2c(-c3ncccn3)n[nH]c2C(F)(F)F)cnc1C(=O)Nc1ccc(C(=O)N2CCN(C(=O)C3[C@H]4CN(C(=O)O)C[C@@H]34)CC2)c(Cl)c1. The van der Waals surface area contributed by atoms with Gasteiger partial charge in [-0.2, -0.15) is 18.3 Å². The Hall–Kier alpha value is -5.52. The van der Waals surface area contributed by atoms with E-state index in [4.69, 9.17) is 16.7 Å². The van der Waals surface area contributed by atoms with Crippen molar-refractivity contribution in [3.8, 4) is 22.8 Å². The summed E-state index contributed by atoms with van der Waals surface area (Å²) in [6, 6.07) is 5.81. The number of hydrogen-bond acceptors (Lipinski definition) is 8. The van der Waals surface area contributed by atoms with Crippen LogP contribution in [0.25, 0.3) is 22.8 Å². The highest BCUT2D eigenvalue weighted by Crippen LogP contribution is 2.52. The number of nitrogens with zero attached hydrogens (tertiary/aromatic N) is 8. The van der Waals surface area contributed by atoms with E-state index >= 15 is 0 Å². The first kappa shape index (κ1) is 33.0. The molecule has 4 amide bonds. The Kier molecular flexibility index (Phi) is 8.20. The molecular formula is C31H28ClF3N10O5. The van der Waals surface area contributed by atoms with Crippen molar-refractivity contribution in [1.29, 1.82) is 0 Å². The number of H-pyrrole nitrogens is 1. The first-order chi connectivity index (χ1) is 23.8. The van der Waals surface area contributed by atoms with Crippen LogP contribution >= 0.6 is 11.6 Å². The molecular weight excluding hydrogens is 685 g/mol. The van der Waals surface area contributed by atoms with E-state index in [1.54, 1.807) is 9.80 Å². The second-order valence-electron chi connectivity index (χ2n) is 12.2. The lowest BCUT2D eigenvalue weighted by Gasteiger charge is -2.35. The Labute approximate surface area is 286 Å². The molecule has 1 saturated carbocycles. The molecule has 260 valence electrons. The molecule has 19 heteroatoms. The number of imidazole rings is 1. The van der Waals surface area contributed by atoms with E-state index in [0.29, 0.717) is 26.2 Å². The molecule has 50 heavy (non-hydrogen) atoms. The monoisotopic (exact) mass is 712 g/mol. The number of aromatic amines is 1. The van der Waals surface area contributed by atoms with Crippen molar-refractivity contribution >= 4 is 41.1 Å². The number of amides is 4. The van der Waals surface area contributed by atoms with Crippen LogP contribution in [0.5, 0.6) is 0 Å². The average molecular weight is 713 g/mol. The van der Waals surface area contributed by atoms with Gasteiger partial charge in [-0.15, -0.1) is 0 Å². The number of carbonyl (C=O) groups is 4. The Bertz CT molecular complexity index is 2000. The quantitative estimate of drug-likeness (QED) is 0.270. The molecule has 15 nitrogen and oxygen atoms in total. The third-order valence-corrected chi connectivity index (χ3v) is 9.67. The van der Waals surface area contributed by atoms with Crippen LogP contribution in [0, 0.1) is 17.8 Å². The maximum absolute atomic E-state index is 14.0. The molecule has 0 radical (unpaired) electrons. The lowest BCUT2D eigenvalue weighted by Crippen LogP contribution is -2.51. The summed E-state index contributed by atoms with van der Waals surface area (Å²) in [6.07, 6.45) is -1.94. The molecule has 0 bridgehead atoms. The van der Waals surface area contributed by atoms with Gasteiger partial charge in [0.1, 0.15) is 11.4 Å². The minimum absolute atomic E-state index is 0.00805. The van der Waals surface area contributed by atoms with Crippen LogP contribution in [0.1, 0.15) is 26.7 Å². The largest absolute Gasteiger partial charge is 0.465 e. The number of piperidine rings is 1. The van der Waals surface area contributed by atoms with Gasteiger partial charge >= 0.3 is 12.3 Å². The number of anilines is 1. The van der Waals surface area contributed by atoms with E-state index in [1.807, 2.05) is 5.10 Å². The van der Waals surface area contributed by atoms with E-state index in [1.165, 1.54) is 53.2 Å². The number of carboxylic acid groups (broad SMARTS) is 1. The summed E-state index contributed by atoms with van der Waals surface area (Å²) in [4.78, 5) is 67.5. The zero-order valence-corrected chi connectivity index (χ0v) is 26.9. The van der Waals surface area contributed by atoms with Crippen LogP contribution in [0.3, 0.4) is 0 Å². The van der Waals surface area contributed by atoms with E-state index < -0.39 is 23.9 Å². The predicted molar refractivity (Wildman–Crippen MR) is 169 cm³/mol. The van der Waals surface area contributed by atoms with Crippen molar-refractivity contribution in [1.82, 2.24) is 44.4 Å². The van der Waals surface area contributed by atoms with Crippen LogP contribution in [-0.2, 0) is 18.0 Å². The van der Waals surface area contributed by atoms with Crippen LogP contribution < -0.4 is 5.32 Å². The van der Waals surface area contributed by atoms with Gasteiger partial charge in [-0.05, 0) is 36.1 Å². The lowest BCUT2D eigenvalue weighted by atomic mass is 10.1. The Morgan fingerprint density at radius 1 is 0.980 bits per heavy atom. The fourth-order valence-electron chi connectivity index (χ4n) is 6.75. The zero-order chi connectivity index (χ0) is 35.5. The minimum atomic E-state index is -4.81. The molecule has 2 saturated heterocycles. The summed E-state index contributed by atoms with van der Waals surface area (Å²) < 4.78 is 43.0. The van der Waals surface area contributed by atoms with Gasteiger partial charge in [-0.25, -0.2) is 19.7 Å². The van der Waals surface area contributed by atoms with Crippen molar-refractivity contribution < 1.29 is 37.5 Å². The minimum Gasteiger partial charge on any atom is -0.465 e. The summed E-state index contributed by atoms with van der Waals surface area (Å²) in [5, 5.41) is 17.6.